The van der Waals surface area contributed by atoms with Crippen LogP contribution >= 0.6 is 23.7 Å². The zero-order valence-corrected chi connectivity index (χ0v) is 9.70. The van der Waals surface area contributed by atoms with Crippen LogP contribution < -0.4 is 5.73 Å². The fraction of sp³-hybridized carbons (Fsp3) is 0. The molecule has 0 amide bonds. The molecule has 0 bridgehead atoms. The van der Waals surface area contributed by atoms with E-state index in [0.717, 1.165) is 10.6 Å². The fourth-order valence-electron chi connectivity index (χ4n) is 1.07. The van der Waals surface area contributed by atoms with Crippen LogP contribution in [0.2, 0.25) is 0 Å². The second kappa shape index (κ2) is 5.43. The van der Waals surface area contributed by atoms with Gasteiger partial charge in [0.05, 0.1) is 0 Å². The van der Waals surface area contributed by atoms with E-state index in [1.54, 1.807) is 17.8 Å². The van der Waals surface area contributed by atoms with Crippen LogP contribution in [0.4, 0.5) is 0 Å². The third-order valence-corrected chi connectivity index (χ3v) is 2.69. The van der Waals surface area contributed by atoms with Crippen LogP contribution in [0.25, 0.3) is 10.6 Å². The van der Waals surface area contributed by atoms with Crippen LogP contribution in [0.15, 0.2) is 35.1 Å². The molecule has 0 aliphatic rings. The zero-order valence-electron chi connectivity index (χ0n) is 8.07. The molecule has 7 heteroatoms. The predicted octanol–water partition coefficient (Wildman–Crippen LogP) is 1.72. The van der Waals surface area contributed by atoms with Gasteiger partial charge in [0.2, 0.25) is 0 Å². The number of aromatic nitrogens is 2. The lowest BCUT2D eigenvalue weighted by Gasteiger charge is -1.93. The van der Waals surface area contributed by atoms with Gasteiger partial charge in [0.1, 0.15) is 10.7 Å². The van der Waals surface area contributed by atoms with Gasteiger partial charge in [0, 0.05) is 23.3 Å². The summed E-state index contributed by atoms with van der Waals surface area (Å²) in [6.45, 7) is 0. The lowest BCUT2D eigenvalue weighted by Crippen LogP contribution is -2.13. The number of nitrogens with zero attached hydrogens (tertiary/aromatic N) is 3. The topological polar surface area (TPSA) is 84.4 Å². The fourth-order valence-corrected chi connectivity index (χ4v) is 1.89. The molecule has 16 heavy (non-hydrogen) atoms. The average molecular weight is 257 g/mol. The third-order valence-electron chi connectivity index (χ3n) is 1.80. The van der Waals surface area contributed by atoms with E-state index in [-0.39, 0.29) is 18.2 Å². The minimum absolute atomic E-state index is 0. The summed E-state index contributed by atoms with van der Waals surface area (Å²) in [5, 5.41) is 13.9. The summed E-state index contributed by atoms with van der Waals surface area (Å²) in [6.07, 6.45) is 3.39. The lowest BCUT2D eigenvalue weighted by molar-refractivity contribution is 0.318. The standard InChI is InChI=1S/C9H8N4OS.ClH/c10-8(13-14)7-5-15-9(12-7)6-1-3-11-4-2-6;/h1-5,14H,(H2,10,13);1H. The van der Waals surface area contributed by atoms with Gasteiger partial charge < -0.3 is 10.9 Å². The number of halogens is 1. The zero-order chi connectivity index (χ0) is 10.7. The monoisotopic (exact) mass is 256 g/mol. The highest BCUT2D eigenvalue weighted by atomic mass is 35.5. The van der Waals surface area contributed by atoms with Crippen molar-refractivity contribution < 1.29 is 5.21 Å². The Bertz CT molecular complexity index is 485. The molecule has 0 fully saturated rings. The number of pyridine rings is 1. The Morgan fingerprint density at radius 2 is 2.06 bits per heavy atom. The van der Waals surface area contributed by atoms with Gasteiger partial charge in [-0.2, -0.15) is 0 Å². The van der Waals surface area contributed by atoms with Crippen LogP contribution in [0.3, 0.4) is 0 Å². The van der Waals surface area contributed by atoms with Crippen molar-refractivity contribution in [3.05, 3.63) is 35.6 Å². The minimum atomic E-state index is 0. The van der Waals surface area contributed by atoms with Crippen molar-refractivity contribution in [1.82, 2.24) is 9.97 Å². The summed E-state index contributed by atoms with van der Waals surface area (Å²) in [6, 6.07) is 3.71. The summed E-state index contributed by atoms with van der Waals surface area (Å²) >= 11 is 1.44. The molecule has 0 aliphatic heterocycles. The van der Waals surface area contributed by atoms with Crippen molar-refractivity contribution in [1.29, 1.82) is 0 Å². The second-order valence-corrected chi connectivity index (χ2v) is 3.62. The third kappa shape index (κ3) is 2.47. The molecule has 5 nitrogen and oxygen atoms in total. The molecular weight excluding hydrogens is 248 g/mol. The Labute approximate surface area is 102 Å². The molecule has 0 aromatic carbocycles. The number of hydrogen-bond donors (Lipinski definition) is 2. The van der Waals surface area contributed by atoms with E-state index < -0.39 is 0 Å². The second-order valence-electron chi connectivity index (χ2n) is 2.76. The van der Waals surface area contributed by atoms with Crippen molar-refractivity contribution in [2.45, 2.75) is 0 Å². The van der Waals surface area contributed by atoms with E-state index in [0.29, 0.717) is 5.69 Å². The predicted molar refractivity (Wildman–Crippen MR) is 65.1 cm³/mol. The van der Waals surface area contributed by atoms with Crippen molar-refractivity contribution in [2.24, 2.45) is 10.9 Å². The van der Waals surface area contributed by atoms with Crippen molar-refractivity contribution in [2.75, 3.05) is 0 Å². The molecule has 0 unspecified atom stereocenters. The summed E-state index contributed by atoms with van der Waals surface area (Å²) in [5.41, 5.74) is 6.86. The number of oxime groups is 1. The summed E-state index contributed by atoms with van der Waals surface area (Å²) < 4.78 is 0. The summed E-state index contributed by atoms with van der Waals surface area (Å²) in [4.78, 5) is 8.14. The summed E-state index contributed by atoms with van der Waals surface area (Å²) in [7, 11) is 0. The van der Waals surface area contributed by atoms with Crippen LogP contribution in [-0.4, -0.2) is 21.0 Å². The van der Waals surface area contributed by atoms with Crippen LogP contribution in [0.1, 0.15) is 5.69 Å². The van der Waals surface area contributed by atoms with E-state index in [2.05, 4.69) is 15.1 Å². The van der Waals surface area contributed by atoms with Gasteiger partial charge in [-0.15, -0.1) is 23.7 Å². The molecule has 2 aromatic heterocycles. The van der Waals surface area contributed by atoms with E-state index >= 15 is 0 Å². The molecule has 0 atom stereocenters. The van der Waals surface area contributed by atoms with Gasteiger partial charge in [-0.3, -0.25) is 4.98 Å². The smallest absolute Gasteiger partial charge is 0.189 e. The van der Waals surface area contributed by atoms with Gasteiger partial charge >= 0.3 is 0 Å². The number of hydrogen-bond acceptors (Lipinski definition) is 5. The van der Waals surface area contributed by atoms with Crippen LogP contribution in [0.5, 0.6) is 0 Å². The van der Waals surface area contributed by atoms with Crippen molar-refractivity contribution in [3.63, 3.8) is 0 Å². The molecule has 0 radical (unpaired) electrons. The summed E-state index contributed by atoms with van der Waals surface area (Å²) in [5.74, 6) is 0.0200. The molecule has 2 aromatic rings. The SMILES string of the molecule is Cl.NC(=NO)c1csc(-c2ccncc2)n1. The van der Waals surface area contributed by atoms with Gasteiger partial charge in [-0.1, -0.05) is 5.16 Å². The Morgan fingerprint density at radius 1 is 1.38 bits per heavy atom. The lowest BCUT2D eigenvalue weighted by atomic mass is 10.3. The highest BCUT2D eigenvalue weighted by Gasteiger charge is 2.07. The first-order valence-corrected chi connectivity index (χ1v) is 5.03. The largest absolute Gasteiger partial charge is 0.409 e. The highest BCUT2D eigenvalue weighted by molar-refractivity contribution is 7.13. The van der Waals surface area contributed by atoms with Crippen molar-refractivity contribution in [3.8, 4) is 10.6 Å². The van der Waals surface area contributed by atoms with E-state index in [1.165, 1.54) is 11.3 Å². The molecule has 0 saturated heterocycles. The average Bonchev–Trinajstić information content (AvgIpc) is 2.78. The maximum Gasteiger partial charge on any atom is 0.189 e. The number of nitrogens with two attached hydrogens (primary N) is 1. The van der Waals surface area contributed by atoms with E-state index in [4.69, 9.17) is 10.9 Å². The molecule has 2 rings (SSSR count). The van der Waals surface area contributed by atoms with Gasteiger partial charge in [-0.25, -0.2) is 4.98 Å². The number of rotatable bonds is 2. The normalized spacial score (nSPS) is 10.9. The van der Waals surface area contributed by atoms with E-state index in [1.807, 2.05) is 12.1 Å². The highest BCUT2D eigenvalue weighted by Crippen LogP contribution is 2.22. The number of amidine groups is 1. The number of thiazole rings is 1. The van der Waals surface area contributed by atoms with Crippen molar-refractivity contribution >= 4 is 29.6 Å². The first-order chi connectivity index (χ1) is 7.31. The maximum atomic E-state index is 8.49. The van der Waals surface area contributed by atoms with Gasteiger partial charge in [0.25, 0.3) is 0 Å². The first kappa shape index (κ1) is 12.4. The minimum Gasteiger partial charge on any atom is -0.409 e. The Morgan fingerprint density at radius 3 is 2.69 bits per heavy atom. The van der Waals surface area contributed by atoms with Gasteiger partial charge in [0.15, 0.2) is 5.84 Å². The molecule has 3 N–H and O–H groups in total. The van der Waals surface area contributed by atoms with Crippen LogP contribution in [0, 0.1) is 0 Å². The van der Waals surface area contributed by atoms with E-state index in [9.17, 15) is 0 Å². The van der Waals surface area contributed by atoms with Gasteiger partial charge in [-0.05, 0) is 12.1 Å². The Kier molecular flexibility index (Phi) is 4.21. The molecule has 84 valence electrons. The quantitative estimate of drug-likeness (QED) is 0.371. The molecular formula is C9H9ClN4OS. The molecule has 0 saturated carbocycles. The molecule has 2 heterocycles. The molecule has 0 spiro atoms. The maximum absolute atomic E-state index is 8.49. The Hall–Kier alpha value is -1.66. The first-order valence-electron chi connectivity index (χ1n) is 4.15. The Balaban J connectivity index is 0.00000128. The van der Waals surface area contributed by atoms with Crippen LogP contribution in [-0.2, 0) is 0 Å². The molecule has 0 aliphatic carbocycles.